The zero-order valence-electron chi connectivity index (χ0n) is 10.8. The molecule has 1 heterocycles. The summed E-state index contributed by atoms with van der Waals surface area (Å²) in [6.45, 7) is 6.35. The molecule has 94 valence electrons. The number of benzene rings is 1. The normalized spacial score (nSPS) is 10.7. The van der Waals surface area contributed by atoms with Gasteiger partial charge >= 0.3 is 0 Å². The molecule has 0 saturated heterocycles. The average Bonchev–Trinajstić information content (AvgIpc) is 2.76. The minimum Gasteiger partial charge on any atom is -0.331 e. The van der Waals surface area contributed by atoms with E-state index in [-0.39, 0.29) is 0 Å². The first kappa shape index (κ1) is 12.8. The van der Waals surface area contributed by atoms with E-state index >= 15 is 0 Å². The van der Waals surface area contributed by atoms with Crippen molar-refractivity contribution < 1.29 is 0 Å². The van der Waals surface area contributed by atoms with Gasteiger partial charge in [-0.3, -0.25) is 0 Å². The Morgan fingerprint density at radius 1 is 1.28 bits per heavy atom. The van der Waals surface area contributed by atoms with E-state index in [0.717, 1.165) is 11.3 Å². The highest BCUT2D eigenvalue weighted by Crippen LogP contribution is 2.17. The molecule has 1 aromatic carbocycles. The molecule has 1 N–H and O–H groups in total. The lowest BCUT2D eigenvalue weighted by Gasteiger charge is -2.10. The fraction of sp³-hybridized carbons (Fsp3) is 0.286. The molecule has 0 amide bonds. The Hall–Kier alpha value is -1.68. The zero-order chi connectivity index (χ0) is 13.1. The van der Waals surface area contributed by atoms with Crippen LogP contribution in [0.5, 0.6) is 0 Å². The fourth-order valence-corrected chi connectivity index (χ4v) is 1.87. The highest BCUT2D eigenvalue weighted by molar-refractivity contribution is 7.80. The summed E-state index contributed by atoms with van der Waals surface area (Å²) in [4.78, 5) is 0. The van der Waals surface area contributed by atoms with Crippen molar-refractivity contribution in [1.29, 1.82) is 0 Å². The van der Waals surface area contributed by atoms with Gasteiger partial charge < -0.3 is 5.32 Å². The summed E-state index contributed by atoms with van der Waals surface area (Å²) in [6, 6.07) is 8.31. The molecule has 0 spiro atoms. The quantitative estimate of drug-likeness (QED) is 0.836. The number of aromatic nitrogens is 2. The number of anilines is 1. The fourth-order valence-electron chi connectivity index (χ4n) is 1.66. The minimum absolute atomic E-state index is 0.541. The smallest absolute Gasteiger partial charge is 0.198 e. The number of hydrogen-bond donors (Lipinski definition) is 1. The van der Waals surface area contributed by atoms with Crippen LogP contribution in [0, 0.1) is 6.92 Å². The van der Waals surface area contributed by atoms with Crippen LogP contribution in [0.15, 0.2) is 36.7 Å². The molecule has 4 heteroatoms. The molecule has 0 saturated carbocycles. The van der Waals surface area contributed by atoms with E-state index in [4.69, 9.17) is 12.2 Å². The monoisotopic (exact) mass is 259 g/mol. The second-order valence-corrected chi connectivity index (χ2v) is 5.06. The number of rotatable bonds is 2. The Kier molecular flexibility index (Phi) is 3.77. The molecular formula is C14H17N3S. The Labute approximate surface area is 113 Å². The topological polar surface area (TPSA) is 29.9 Å². The molecule has 1 aromatic heterocycles. The number of thiocarbonyl (C=S) groups is 1. The van der Waals surface area contributed by atoms with Gasteiger partial charge in [0.2, 0.25) is 0 Å². The summed E-state index contributed by atoms with van der Waals surface area (Å²) in [5, 5.41) is 7.92. The summed E-state index contributed by atoms with van der Waals surface area (Å²) >= 11 is 5.29. The van der Waals surface area contributed by atoms with E-state index in [1.807, 2.05) is 25.3 Å². The molecule has 0 bridgehead atoms. The Bertz CT molecular complexity index is 540. The van der Waals surface area contributed by atoms with Crippen molar-refractivity contribution in [1.82, 2.24) is 9.78 Å². The van der Waals surface area contributed by atoms with Gasteiger partial charge in [0.15, 0.2) is 5.11 Å². The van der Waals surface area contributed by atoms with Crippen LogP contribution < -0.4 is 5.32 Å². The first-order valence-corrected chi connectivity index (χ1v) is 6.39. The molecule has 0 fully saturated rings. The lowest BCUT2D eigenvalue weighted by atomic mass is 10.0. The number of nitrogens with zero attached hydrogens (tertiary/aromatic N) is 2. The third-order valence-corrected chi connectivity index (χ3v) is 3.04. The maximum absolute atomic E-state index is 5.29. The number of aryl methyl sites for hydroxylation is 1. The predicted molar refractivity (Wildman–Crippen MR) is 79.1 cm³/mol. The summed E-state index contributed by atoms with van der Waals surface area (Å²) in [6.07, 6.45) is 3.69. The van der Waals surface area contributed by atoms with Gasteiger partial charge in [0.25, 0.3) is 0 Å². The lowest BCUT2D eigenvalue weighted by Crippen LogP contribution is -2.19. The predicted octanol–water partition coefficient (Wildman–Crippen LogP) is 3.56. The largest absolute Gasteiger partial charge is 0.331 e. The van der Waals surface area contributed by atoms with Crippen LogP contribution in [0.1, 0.15) is 30.9 Å². The zero-order valence-corrected chi connectivity index (χ0v) is 11.7. The molecule has 2 aromatic rings. The summed E-state index contributed by atoms with van der Waals surface area (Å²) in [5.74, 6) is 0.541. The molecule has 0 unspecified atom stereocenters. The Balaban J connectivity index is 2.07. The van der Waals surface area contributed by atoms with Gasteiger partial charge in [-0.2, -0.15) is 5.10 Å². The van der Waals surface area contributed by atoms with E-state index < -0.39 is 0 Å². The van der Waals surface area contributed by atoms with E-state index in [9.17, 15) is 0 Å². The summed E-state index contributed by atoms with van der Waals surface area (Å²) in [7, 11) is 0. The summed E-state index contributed by atoms with van der Waals surface area (Å²) in [5.41, 5.74) is 3.40. The van der Waals surface area contributed by atoms with Gasteiger partial charge in [-0.25, -0.2) is 4.68 Å². The average molecular weight is 259 g/mol. The third-order valence-electron chi connectivity index (χ3n) is 2.75. The standard InChI is InChI=1S/C14H17N3S/c1-10(2)12-4-6-13(7-5-12)16-14(18)17-9-11(3)8-15-17/h4-10H,1-3H3,(H,16,18). The summed E-state index contributed by atoms with van der Waals surface area (Å²) < 4.78 is 1.67. The van der Waals surface area contributed by atoms with E-state index in [0.29, 0.717) is 11.0 Å². The SMILES string of the molecule is Cc1cnn(C(=S)Nc2ccc(C(C)C)cc2)c1. The van der Waals surface area contributed by atoms with Crippen molar-refractivity contribution in [3.63, 3.8) is 0 Å². The maximum Gasteiger partial charge on any atom is 0.198 e. The molecule has 3 nitrogen and oxygen atoms in total. The van der Waals surface area contributed by atoms with Gasteiger partial charge in [0.1, 0.15) is 0 Å². The Morgan fingerprint density at radius 3 is 2.44 bits per heavy atom. The van der Waals surface area contributed by atoms with E-state index in [1.54, 1.807) is 10.9 Å². The molecule has 0 radical (unpaired) electrons. The highest BCUT2D eigenvalue weighted by Gasteiger charge is 2.03. The van der Waals surface area contributed by atoms with Crippen LogP contribution in [0.2, 0.25) is 0 Å². The first-order valence-electron chi connectivity index (χ1n) is 5.99. The first-order chi connectivity index (χ1) is 8.56. The van der Waals surface area contributed by atoms with Crippen molar-refractivity contribution in [2.24, 2.45) is 0 Å². The second-order valence-electron chi connectivity index (χ2n) is 4.67. The van der Waals surface area contributed by atoms with Crippen molar-refractivity contribution >= 4 is 23.0 Å². The van der Waals surface area contributed by atoms with Crippen LogP contribution >= 0.6 is 12.2 Å². The molecule has 2 rings (SSSR count). The van der Waals surface area contributed by atoms with Crippen LogP contribution in [-0.2, 0) is 0 Å². The molecule has 0 aliphatic carbocycles. The highest BCUT2D eigenvalue weighted by atomic mass is 32.1. The lowest BCUT2D eigenvalue weighted by molar-refractivity contribution is 0.867. The maximum atomic E-state index is 5.29. The van der Waals surface area contributed by atoms with Gasteiger partial charge in [-0.15, -0.1) is 0 Å². The van der Waals surface area contributed by atoms with E-state index in [1.165, 1.54) is 5.56 Å². The second kappa shape index (κ2) is 5.31. The molecular weight excluding hydrogens is 242 g/mol. The van der Waals surface area contributed by atoms with Crippen LogP contribution in [0.25, 0.3) is 0 Å². The van der Waals surface area contributed by atoms with E-state index in [2.05, 4.69) is 36.4 Å². The molecule has 0 aliphatic rings. The Morgan fingerprint density at radius 2 is 1.94 bits per heavy atom. The van der Waals surface area contributed by atoms with Gasteiger partial charge in [-0.05, 0) is 48.3 Å². The molecule has 18 heavy (non-hydrogen) atoms. The van der Waals surface area contributed by atoms with Gasteiger partial charge in [-0.1, -0.05) is 26.0 Å². The van der Waals surface area contributed by atoms with Crippen molar-refractivity contribution in [2.75, 3.05) is 5.32 Å². The third kappa shape index (κ3) is 2.96. The van der Waals surface area contributed by atoms with Crippen LogP contribution in [0.4, 0.5) is 5.69 Å². The van der Waals surface area contributed by atoms with Crippen molar-refractivity contribution in [3.8, 4) is 0 Å². The molecule has 0 atom stereocenters. The van der Waals surface area contributed by atoms with Crippen LogP contribution in [0.3, 0.4) is 0 Å². The molecule has 0 aliphatic heterocycles. The number of hydrogen-bond acceptors (Lipinski definition) is 2. The number of nitrogens with one attached hydrogen (secondary N) is 1. The van der Waals surface area contributed by atoms with Gasteiger partial charge in [0.05, 0.1) is 6.20 Å². The minimum atomic E-state index is 0.541. The van der Waals surface area contributed by atoms with Gasteiger partial charge in [0, 0.05) is 11.9 Å². The van der Waals surface area contributed by atoms with Crippen molar-refractivity contribution in [2.45, 2.75) is 26.7 Å². The van der Waals surface area contributed by atoms with Crippen molar-refractivity contribution in [3.05, 3.63) is 47.8 Å². The van der Waals surface area contributed by atoms with Crippen LogP contribution in [-0.4, -0.2) is 14.9 Å².